The van der Waals surface area contributed by atoms with Gasteiger partial charge in [-0.15, -0.1) is 0 Å². The first-order chi connectivity index (χ1) is 14.5. The number of anilines is 1. The van der Waals surface area contributed by atoms with Gasteiger partial charge in [0.1, 0.15) is 11.9 Å². The maximum Gasteiger partial charge on any atom is 0.317 e. The standard InChI is InChI=1S/C23H31N3O4/c1-5-26-16-18(30-20-9-7-6-8-19(20)26)15-25(2)23(27)24-13-12-17-10-11-21(28-3)22(14-17)29-4/h6-11,14,18H,5,12-13,15-16H2,1-4H3,(H,24,27)/t18-/m1/s1. The molecule has 0 aliphatic carbocycles. The molecule has 1 heterocycles. The van der Waals surface area contributed by atoms with Crippen molar-refractivity contribution >= 4 is 11.7 Å². The summed E-state index contributed by atoms with van der Waals surface area (Å²) in [6, 6.07) is 13.7. The molecule has 1 N–H and O–H groups in total. The third-order valence-electron chi connectivity index (χ3n) is 5.27. The molecule has 1 aliphatic heterocycles. The van der Waals surface area contributed by atoms with E-state index >= 15 is 0 Å². The topological polar surface area (TPSA) is 63.3 Å². The number of urea groups is 1. The lowest BCUT2D eigenvalue weighted by Crippen LogP contribution is -2.49. The first-order valence-electron chi connectivity index (χ1n) is 10.3. The third kappa shape index (κ3) is 5.09. The van der Waals surface area contributed by atoms with E-state index in [4.69, 9.17) is 14.2 Å². The maximum atomic E-state index is 12.5. The zero-order valence-electron chi connectivity index (χ0n) is 18.2. The number of ether oxygens (including phenoxy) is 3. The molecular weight excluding hydrogens is 382 g/mol. The van der Waals surface area contributed by atoms with E-state index in [1.54, 1.807) is 26.2 Å². The molecule has 0 saturated carbocycles. The number of benzene rings is 2. The third-order valence-corrected chi connectivity index (χ3v) is 5.27. The summed E-state index contributed by atoms with van der Waals surface area (Å²) in [6.07, 6.45) is 0.637. The molecule has 7 heteroatoms. The average Bonchev–Trinajstić information content (AvgIpc) is 2.78. The highest BCUT2D eigenvalue weighted by molar-refractivity contribution is 5.74. The fraction of sp³-hybridized carbons (Fsp3) is 0.435. The van der Waals surface area contributed by atoms with Crippen LogP contribution in [0.1, 0.15) is 12.5 Å². The lowest BCUT2D eigenvalue weighted by atomic mass is 10.1. The SMILES string of the molecule is CCN1C[C@@H](CN(C)C(=O)NCCc2ccc(OC)c(OC)c2)Oc2ccccc21. The van der Waals surface area contributed by atoms with E-state index < -0.39 is 0 Å². The molecule has 3 rings (SSSR count). The molecule has 2 aromatic carbocycles. The smallest absolute Gasteiger partial charge is 0.317 e. The molecule has 2 aromatic rings. The summed E-state index contributed by atoms with van der Waals surface area (Å²) in [5.41, 5.74) is 2.18. The molecule has 0 unspecified atom stereocenters. The number of likely N-dealkylation sites (N-methyl/N-ethyl adjacent to an activating group) is 2. The molecule has 7 nitrogen and oxygen atoms in total. The summed E-state index contributed by atoms with van der Waals surface area (Å²) in [4.78, 5) is 16.5. The molecule has 0 aromatic heterocycles. The van der Waals surface area contributed by atoms with Crippen LogP contribution in [0, 0.1) is 0 Å². The fourth-order valence-electron chi connectivity index (χ4n) is 3.65. The molecule has 1 aliphatic rings. The van der Waals surface area contributed by atoms with Crippen molar-refractivity contribution in [2.75, 3.05) is 52.3 Å². The van der Waals surface area contributed by atoms with Crippen LogP contribution in [0.5, 0.6) is 17.2 Å². The van der Waals surface area contributed by atoms with Crippen molar-refractivity contribution in [3.05, 3.63) is 48.0 Å². The van der Waals surface area contributed by atoms with Crippen molar-refractivity contribution in [3.8, 4) is 17.2 Å². The average molecular weight is 414 g/mol. The molecule has 0 saturated heterocycles. The number of rotatable bonds is 8. The van der Waals surface area contributed by atoms with Crippen LogP contribution in [-0.4, -0.2) is 64.5 Å². The van der Waals surface area contributed by atoms with Crippen molar-refractivity contribution in [2.24, 2.45) is 0 Å². The summed E-state index contributed by atoms with van der Waals surface area (Å²) in [5, 5.41) is 2.98. The molecular formula is C23H31N3O4. The lowest BCUT2D eigenvalue weighted by molar-refractivity contribution is 0.145. The number of amides is 2. The minimum Gasteiger partial charge on any atom is -0.493 e. The van der Waals surface area contributed by atoms with E-state index in [0.29, 0.717) is 31.0 Å². The van der Waals surface area contributed by atoms with Gasteiger partial charge in [0.15, 0.2) is 11.5 Å². The molecule has 0 spiro atoms. The fourth-order valence-corrected chi connectivity index (χ4v) is 3.65. The van der Waals surface area contributed by atoms with Gasteiger partial charge in [-0.05, 0) is 43.2 Å². The van der Waals surface area contributed by atoms with E-state index in [1.807, 2.05) is 36.4 Å². The van der Waals surface area contributed by atoms with Crippen LogP contribution in [0.15, 0.2) is 42.5 Å². The maximum absolute atomic E-state index is 12.5. The largest absolute Gasteiger partial charge is 0.493 e. The quantitative estimate of drug-likeness (QED) is 0.720. The van der Waals surface area contributed by atoms with E-state index in [-0.39, 0.29) is 12.1 Å². The number of fused-ring (bicyclic) bond motifs is 1. The van der Waals surface area contributed by atoms with Crippen molar-refractivity contribution < 1.29 is 19.0 Å². The monoisotopic (exact) mass is 413 g/mol. The van der Waals surface area contributed by atoms with E-state index in [2.05, 4.69) is 23.2 Å². The predicted molar refractivity (Wildman–Crippen MR) is 118 cm³/mol. The highest BCUT2D eigenvalue weighted by Gasteiger charge is 2.26. The van der Waals surface area contributed by atoms with Gasteiger partial charge >= 0.3 is 6.03 Å². The van der Waals surface area contributed by atoms with Gasteiger partial charge in [-0.3, -0.25) is 0 Å². The van der Waals surface area contributed by atoms with Crippen molar-refractivity contribution in [1.82, 2.24) is 10.2 Å². The number of methoxy groups -OCH3 is 2. The first-order valence-corrected chi connectivity index (χ1v) is 10.3. The highest BCUT2D eigenvalue weighted by atomic mass is 16.5. The van der Waals surface area contributed by atoms with Crippen molar-refractivity contribution in [3.63, 3.8) is 0 Å². The van der Waals surface area contributed by atoms with Gasteiger partial charge in [-0.25, -0.2) is 4.79 Å². The Morgan fingerprint density at radius 3 is 2.70 bits per heavy atom. The van der Waals surface area contributed by atoms with Gasteiger partial charge in [0, 0.05) is 20.1 Å². The number of nitrogens with one attached hydrogen (secondary N) is 1. The molecule has 0 radical (unpaired) electrons. The zero-order valence-corrected chi connectivity index (χ0v) is 18.2. The zero-order chi connectivity index (χ0) is 21.5. The van der Waals surface area contributed by atoms with Crippen LogP contribution in [0.4, 0.5) is 10.5 Å². The predicted octanol–water partition coefficient (Wildman–Crippen LogP) is 3.18. The Morgan fingerprint density at radius 1 is 1.20 bits per heavy atom. The summed E-state index contributed by atoms with van der Waals surface area (Å²) in [7, 11) is 5.03. The summed E-state index contributed by atoms with van der Waals surface area (Å²) >= 11 is 0. The Kier molecular flexibility index (Phi) is 7.27. The minimum absolute atomic E-state index is 0.0681. The second-order valence-corrected chi connectivity index (χ2v) is 7.30. The molecule has 162 valence electrons. The number of carbonyl (C=O) groups is 1. The number of nitrogens with zero attached hydrogens (tertiary/aromatic N) is 2. The van der Waals surface area contributed by atoms with Crippen LogP contribution in [-0.2, 0) is 6.42 Å². The number of hydrogen-bond acceptors (Lipinski definition) is 5. The normalized spacial score (nSPS) is 15.1. The Hall–Kier alpha value is -3.09. The Morgan fingerprint density at radius 2 is 1.97 bits per heavy atom. The van der Waals surface area contributed by atoms with Gasteiger partial charge in [0.25, 0.3) is 0 Å². The first kappa shape index (κ1) is 21.6. The van der Waals surface area contributed by atoms with Crippen molar-refractivity contribution in [2.45, 2.75) is 19.4 Å². The Labute approximate surface area is 178 Å². The molecule has 0 fully saturated rings. The molecule has 2 amide bonds. The highest BCUT2D eigenvalue weighted by Crippen LogP contribution is 2.33. The van der Waals surface area contributed by atoms with Crippen LogP contribution in [0.3, 0.4) is 0 Å². The van der Waals surface area contributed by atoms with E-state index in [1.165, 1.54) is 0 Å². The molecule has 1 atom stereocenters. The lowest BCUT2D eigenvalue weighted by Gasteiger charge is -2.37. The number of hydrogen-bond donors (Lipinski definition) is 1. The summed E-state index contributed by atoms with van der Waals surface area (Å²) in [5.74, 6) is 2.26. The minimum atomic E-state index is -0.110. The second kappa shape index (κ2) is 10.1. The van der Waals surface area contributed by atoms with Gasteiger partial charge in [-0.2, -0.15) is 0 Å². The van der Waals surface area contributed by atoms with Crippen LogP contribution >= 0.6 is 0 Å². The van der Waals surface area contributed by atoms with E-state index in [0.717, 1.165) is 30.1 Å². The molecule has 30 heavy (non-hydrogen) atoms. The number of carbonyl (C=O) groups excluding carboxylic acids is 1. The van der Waals surface area contributed by atoms with Gasteiger partial charge in [0.05, 0.1) is 33.0 Å². The Balaban J connectivity index is 1.49. The summed E-state index contributed by atoms with van der Waals surface area (Å²) in [6.45, 7) is 4.85. The number of para-hydroxylation sites is 2. The van der Waals surface area contributed by atoms with Gasteiger partial charge < -0.3 is 29.3 Å². The summed E-state index contributed by atoms with van der Waals surface area (Å²) < 4.78 is 16.7. The van der Waals surface area contributed by atoms with Crippen molar-refractivity contribution in [1.29, 1.82) is 0 Å². The molecule has 0 bridgehead atoms. The second-order valence-electron chi connectivity index (χ2n) is 7.30. The van der Waals surface area contributed by atoms with E-state index in [9.17, 15) is 4.79 Å². The van der Waals surface area contributed by atoms with Crippen LogP contribution in [0.2, 0.25) is 0 Å². The Bertz CT molecular complexity index is 858. The van der Waals surface area contributed by atoms with Gasteiger partial charge in [0.2, 0.25) is 0 Å². The van der Waals surface area contributed by atoms with Crippen LogP contribution in [0.25, 0.3) is 0 Å². The van der Waals surface area contributed by atoms with Crippen LogP contribution < -0.4 is 24.4 Å². The van der Waals surface area contributed by atoms with Gasteiger partial charge in [-0.1, -0.05) is 18.2 Å².